The van der Waals surface area contributed by atoms with Gasteiger partial charge >= 0.3 is 0 Å². The third-order valence-electron chi connectivity index (χ3n) is 4.10. The highest BCUT2D eigenvalue weighted by Gasteiger charge is 2.15. The van der Waals surface area contributed by atoms with Crippen molar-refractivity contribution in [1.82, 2.24) is 5.32 Å². The first-order valence-corrected chi connectivity index (χ1v) is 7.03. The van der Waals surface area contributed by atoms with Crippen LogP contribution in [0.25, 0.3) is 0 Å². The molecule has 1 aromatic rings. The molecule has 0 aromatic heterocycles. The van der Waals surface area contributed by atoms with E-state index >= 15 is 0 Å². The van der Waals surface area contributed by atoms with Crippen LogP contribution in [0.4, 0.5) is 0 Å². The van der Waals surface area contributed by atoms with Crippen LogP contribution in [0, 0.1) is 12.8 Å². The van der Waals surface area contributed by atoms with E-state index < -0.39 is 0 Å². The van der Waals surface area contributed by atoms with Gasteiger partial charge in [-0.1, -0.05) is 44.0 Å². The van der Waals surface area contributed by atoms with Gasteiger partial charge in [0, 0.05) is 12.6 Å². The summed E-state index contributed by atoms with van der Waals surface area (Å²) in [6.45, 7) is 5.63. The largest absolute Gasteiger partial charge is 0.310 e. The zero-order chi connectivity index (χ0) is 12.1. The van der Waals surface area contributed by atoms with Crippen LogP contribution in [0.2, 0.25) is 0 Å². The second kappa shape index (κ2) is 6.20. The standard InChI is InChI=1S/C16H25N/c1-13-6-5-9-16(11-10-13)17-12-15-8-4-3-7-14(15)2/h3-4,7-8,13,16-17H,5-6,9-12H2,1-2H3. The van der Waals surface area contributed by atoms with Crippen LogP contribution in [-0.4, -0.2) is 6.04 Å². The zero-order valence-electron chi connectivity index (χ0n) is 11.2. The Morgan fingerprint density at radius 3 is 2.76 bits per heavy atom. The third kappa shape index (κ3) is 3.85. The monoisotopic (exact) mass is 231 g/mol. The fourth-order valence-corrected chi connectivity index (χ4v) is 2.75. The first kappa shape index (κ1) is 12.6. The maximum Gasteiger partial charge on any atom is 0.0210 e. The van der Waals surface area contributed by atoms with Crippen molar-refractivity contribution in [1.29, 1.82) is 0 Å². The summed E-state index contributed by atoms with van der Waals surface area (Å²) >= 11 is 0. The van der Waals surface area contributed by atoms with E-state index in [1.54, 1.807) is 0 Å². The Morgan fingerprint density at radius 2 is 1.94 bits per heavy atom. The van der Waals surface area contributed by atoms with Crippen molar-refractivity contribution >= 4 is 0 Å². The van der Waals surface area contributed by atoms with Crippen molar-refractivity contribution in [2.24, 2.45) is 5.92 Å². The molecule has 0 radical (unpaired) electrons. The second-order valence-electron chi connectivity index (χ2n) is 5.62. The van der Waals surface area contributed by atoms with Crippen LogP contribution in [0.5, 0.6) is 0 Å². The molecular weight excluding hydrogens is 206 g/mol. The second-order valence-corrected chi connectivity index (χ2v) is 5.62. The molecule has 2 atom stereocenters. The molecule has 0 bridgehead atoms. The lowest BCUT2D eigenvalue weighted by molar-refractivity contribution is 0.447. The van der Waals surface area contributed by atoms with E-state index in [9.17, 15) is 0 Å². The van der Waals surface area contributed by atoms with E-state index in [1.807, 2.05) is 0 Å². The Labute approximate surface area is 106 Å². The van der Waals surface area contributed by atoms with E-state index in [4.69, 9.17) is 0 Å². The van der Waals surface area contributed by atoms with E-state index in [-0.39, 0.29) is 0 Å². The van der Waals surface area contributed by atoms with Crippen LogP contribution in [0.1, 0.15) is 50.2 Å². The van der Waals surface area contributed by atoms with Crippen LogP contribution in [-0.2, 0) is 6.54 Å². The summed E-state index contributed by atoms with van der Waals surface area (Å²) < 4.78 is 0. The van der Waals surface area contributed by atoms with Gasteiger partial charge < -0.3 is 5.32 Å². The molecule has 1 N–H and O–H groups in total. The molecule has 1 aliphatic carbocycles. The normalized spacial score (nSPS) is 25.5. The minimum atomic E-state index is 0.736. The fourth-order valence-electron chi connectivity index (χ4n) is 2.75. The van der Waals surface area contributed by atoms with E-state index in [0.29, 0.717) is 0 Å². The van der Waals surface area contributed by atoms with Crippen molar-refractivity contribution in [2.45, 2.75) is 58.5 Å². The summed E-state index contributed by atoms with van der Waals surface area (Å²) in [5, 5.41) is 3.74. The SMILES string of the molecule is Cc1ccccc1CNC1CCCC(C)CC1. The molecule has 1 fully saturated rings. The Morgan fingerprint density at radius 1 is 1.12 bits per heavy atom. The van der Waals surface area contributed by atoms with Crippen LogP contribution in [0.15, 0.2) is 24.3 Å². The van der Waals surface area contributed by atoms with Gasteiger partial charge in [0.2, 0.25) is 0 Å². The number of rotatable bonds is 3. The molecule has 0 spiro atoms. The molecular formula is C16H25N. The van der Waals surface area contributed by atoms with Crippen LogP contribution in [0.3, 0.4) is 0 Å². The molecule has 0 aliphatic heterocycles. The molecule has 2 unspecified atom stereocenters. The minimum absolute atomic E-state index is 0.736. The molecule has 17 heavy (non-hydrogen) atoms. The molecule has 94 valence electrons. The molecule has 0 saturated heterocycles. The maximum absolute atomic E-state index is 3.74. The Balaban J connectivity index is 1.83. The van der Waals surface area contributed by atoms with Gasteiger partial charge in [0.05, 0.1) is 0 Å². The lowest BCUT2D eigenvalue weighted by Crippen LogP contribution is -2.28. The van der Waals surface area contributed by atoms with Gasteiger partial charge in [0.25, 0.3) is 0 Å². The highest BCUT2D eigenvalue weighted by molar-refractivity contribution is 5.25. The van der Waals surface area contributed by atoms with Crippen molar-refractivity contribution in [3.8, 4) is 0 Å². The van der Waals surface area contributed by atoms with Gasteiger partial charge in [0.1, 0.15) is 0 Å². The van der Waals surface area contributed by atoms with Crippen molar-refractivity contribution < 1.29 is 0 Å². The van der Waals surface area contributed by atoms with E-state index in [0.717, 1.165) is 18.5 Å². The quantitative estimate of drug-likeness (QED) is 0.774. The third-order valence-corrected chi connectivity index (χ3v) is 4.10. The Bertz CT molecular complexity index is 345. The average molecular weight is 231 g/mol. The number of hydrogen-bond donors (Lipinski definition) is 1. The molecule has 0 amide bonds. The summed E-state index contributed by atoms with van der Waals surface area (Å²) in [7, 11) is 0. The number of nitrogens with one attached hydrogen (secondary N) is 1. The zero-order valence-corrected chi connectivity index (χ0v) is 11.2. The van der Waals surface area contributed by atoms with Crippen molar-refractivity contribution in [3.63, 3.8) is 0 Å². The molecule has 1 aliphatic rings. The first-order valence-electron chi connectivity index (χ1n) is 7.03. The van der Waals surface area contributed by atoms with Gasteiger partial charge in [-0.15, -0.1) is 0 Å². The summed E-state index contributed by atoms with van der Waals surface area (Å²) in [6.07, 6.45) is 6.92. The molecule has 2 rings (SSSR count). The highest BCUT2D eigenvalue weighted by atomic mass is 14.9. The predicted molar refractivity (Wildman–Crippen MR) is 74.1 cm³/mol. The molecule has 1 saturated carbocycles. The molecule has 1 aromatic carbocycles. The van der Waals surface area contributed by atoms with Crippen LogP contribution < -0.4 is 5.32 Å². The summed E-state index contributed by atoms with van der Waals surface area (Å²) in [4.78, 5) is 0. The predicted octanol–water partition coefficient (Wildman–Crippen LogP) is 4.05. The van der Waals surface area contributed by atoms with Crippen molar-refractivity contribution in [3.05, 3.63) is 35.4 Å². The lowest BCUT2D eigenvalue weighted by Gasteiger charge is -2.17. The van der Waals surface area contributed by atoms with Gasteiger partial charge in [0.15, 0.2) is 0 Å². The Hall–Kier alpha value is -0.820. The van der Waals surface area contributed by atoms with Gasteiger partial charge in [-0.05, 0) is 43.2 Å². The molecule has 0 heterocycles. The topological polar surface area (TPSA) is 12.0 Å². The maximum atomic E-state index is 3.74. The van der Waals surface area contributed by atoms with Gasteiger partial charge in [-0.3, -0.25) is 0 Å². The van der Waals surface area contributed by atoms with Crippen molar-refractivity contribution in [2.75, 3.05) is 0 Å². The first-order chi connectivity index (χ1) is 8.25. The van der Waals surface area contributed by atoms with E-state index in [1.165, 1.54) is 43.2 Å². The fraction of sp³-hybridized carbons (Fsp3) is 0.625. The summed E-state index contributed by atoms with van der Waals surface area (Å²) in [5.41, 5.74) is 2.85. The lowest BCUT2D eigenvalue weighted by atomic mass is 10.0. The van der Waals surface area contributed by atoms with Gasteiger partial charge in [-0.2, -0.15) is 0 Å². The Kier molecular flexibility index (Phi) is 4.61. The summed E-state index contributed by atoms with van der Waals surface area (Å²) in [5.74, 6) is 0.931. The number of hydrogen-bond acceptors (Lipinski definition) is 1. The molecule has 1 nitrogen and oxygen atoms in total. The summed E-state index contributed by atoms with van der Waals surface area (Å²) in [6, 6.07) is 9.43. The smallest absolute Gasteiger partial charge is 0.0210 e. The van der Waals surface area contributed by atoms with E-state index in [2.05, 4.69) is 43.4 Å². The highest BCUT2D eigenvalue weighted by Crippen LogP contribution is 2.22. The minimum Gasteiger partial charge on any atom is -0.310 e. The van der Waals surface area contributed by atoms with Crippen LogP contribution >= 0.6 is 0 Å². The molecule has 1 heteroatoms. The van der Waals surface area contributed by atoms with Gasteiger partial charge in [-0.25, -0.2) is 0 Å². The number of benzene rings is 1. The average Bonchev–Trinajstić information content (AvgIpc) is 2.53. The number of aryl methyl sites for hydroxylation is 1.